The zero-order valence-electron chi connectivity index (χ0n) is 19.0. The molecule has 0 unspecified atom stereocenters. The molecule has 3 rings (SSSR count). The van der Waals surface area contributed by atoms with Crippen molar-refractivity contribution >= 4 is 17.8 Å². The van der Waals surface area contributed by atoms with Gasteiger partial charge in [0.25, 0.3) is 5.91 Å². The molecule has 0 saturated heterocycles. The predicted octanol–water partition coefficient (Wildman–Crippen LogP) is 4.26. The molecule has 2 heterocycles. The van der Waals surface area contributed by atoms with Gasteiger partial charge in [0.1, 0.15) is 11.4 Å². The summed E-state index contributed by atoms with van der Waals surface area (Å²) < 4.78 is 7.17. The van der Waals surface area contributed by atoms with Gasteiger partial charge >= 0.3 is 6.09 Å². The molecule has 1 aliphatic heterocycles. The van der Waals surface area contributed by atoms with E-state index in [9.17, 15) is 9.59 Å². The minimum Gasteiger partial charge on any atom is -0.444 e. The lowest BCUT2D eigenvalue weighted by Gasteiger charge is -2.29. The third-order valence-electron chi connectivity index (χ3n) is 5.09. The van der Waals surface area contributed by atoms with Gasteiger partial charge in [-0.25, -0.2) is 4.79 Å². The summed E-state index contributed by atoms with van der Waals surface area (Å²) in [5.41, 5.74) is 2.98. The Balaban J connectivity index is 1.78. The molecule has 0 fully saturated rings. The summed E-state index contributed by atoms with van der Waals surface area (Å²) in [6, 6.07) is 7.65. The quantitative estimate of drug-likeness (QED) is 0.799. The van der Waals surface area contributed by atoms with E-state index in [2.05, 4.69) is 31.2 Å². The van der Waals surface area contributed by atoms with Crippen LogP contribution in [0.1, 0.15) is 68.7 Å². The maximum Gasteiger partial charge on any atom is 0.410 e. The number of ether oxygens (including phenoxy) is 1. The van der Waals surface area contributed by atoms with Gasteiger partial charge in [-0.15, -0.1) is 0 Å². The molecule has 0 bridgehead atoms. The van der Waals surface area contributed by atoms with Gasteiger partial charge in [-0.3, -0.25) is 9.48 Å². The highest BCUT2D eigenvalue weighted by atomic mass is 16.6. The predicted molar refractivity (Wildman–Crippen MR) is 117 cm³/mol. The number of amides is 2. The van der Waals surface area contributed by atoms with E-state index < -0.39 is 5.60 Å². The van der Waals surface area contributed by atoms with Crippen LogP contribution < -0.4 is 5.32 Å². The molecule has 7 heteroatoms. The Morgan fingerprint density at radius 2 is 1.70 bits per heavy atom. The fourth-order valence-electron chi connectivity index (χ4n) is 3.44. The molecule has 1 aliphatic rings. The van der Waals surface area contributed by atoms with Crippen LogP contribution in [0.4, 0.5) is 10.6 Å². The van der Waals surface area contributed by atoms with Crippen LogP contribution in [0.5, 0.6) is 0 Å². The molecular formula is C23H32N4O3. The van der Waals surface area contributed by atoms with Gasteiger partial charge in [-0.1, -0.05) is 32.9 Å². The Kier molecular flexibility index (Phi) is 5.67. The van der Waals surface area contributed by atoms with Crippen molar-refractivity contribution < 1.29 is 14.3 Å². The van der Waals surface area contributed by atoms with Crippen molar-refractivity contribution in [1.82, 2.24) is 14.7 Å². The zero-order chi connectivity index (χ0) is 22.3. The van der Waals surface area contributed by atoms with E-state index >= 15 is 0 Å². The number of carbonyl (C=O) groups is 2. The number of rotatable bonds is 2. The van der Waals surface area contributed by atoms with Crippen molar-refractivity contribution in [2.75, 3.05) is 11.9 Å². The Hall–Kier alpha value is -2.83. The maximum atomic E-state index is 12.9. The van der Waals surface area contributed by atoms with Gasteiger partial charge in [0.15, 0.2) is 0 Å². The van der Waals surface area contributed by atoms with Crippen molar-refractivity contribution in [3.05, 3.63) is 46.6 Å². The number of aryl methyl sites for hydroxylation is 1. The van der Waals surface area contributed by atoms with Gasteiger partial charge in [0.05, 0.1) is 12.2 Å². The van der Waals surface area contributed by atoms with E-state index in [0.717, 1.165) is 11.3 Å². The number of benzene rings is 1. The lowest BCUT2D eigenvalue weighted by molar-refractivity contribution is 0.0224. The molecular weight excluding hydrogens is 380 g/mol. The fraction of sp³-hybridized carbons (Fsp3) is 0.522. The Labute approximate surface area is 178 Å². The third-order valence-corrected chi connectivity index (χ3v) is 5.09. The van der Waals surface area contributed by atoms with Crippen LogP contribution in [0.25, 0.3) is 0 Å². The number of fused-ring (bicyclic) bond motifs is 1. The number of anilines is 1. The Morgan fingerprint density at radius 3 is 2.27 bits per heavy atom. The highest BCUT2D eigenvalue weighted by Gasteiger charge is 2.30. The van der Waals surface area contributed by atoms with Crippen LogP contribution in [0.3, 0.4) is 0 Å². The topological polar surface area (TPSA) is 76.5 Å². The summed E-state index contributed by atoms with van der Waals surface area (Å²) in [5, 5.41) is 7.52. The molecule has 0 aliphatic carbocycles. The molecule has 2 aromatic rings. The first-order chi connectivity index (χ1) is 13.8. The van der Waals surface area contributed by atoms with Gasteiger partial charge in [0, 0.05) is 31.1 Å². The zero-order valence-corrected chi connectivity index (χ0v) is 19.0. The van der Waals surface area contributed by atoms with Crippen molar-refractivity contribution in [3.8, 4) is 0 Å². The first-order valence-electron chi connectivity index (χ1n) is 10.3. The van der Waals surface area contributed by atoms with E-state index in [1.807, 2.05) is 45.0 Å². The molecule has 0 radical (unpaired) electrons. The van der Waals surface area contributed by atoms with Crippen LogP contribution in [0.15, 0.2) is 24.3 Å². The van der Waals surface area contributed by atoms with E-state index in [1.165, 1.54) is 5.56 Å². The van der Waals surface area contributed by atoms with E-state index in [0.29, 0.717) is 30.9 Å². The number of nitrogens with zero attached hydrogens (tertiary/aromatic N) is 3. The third kappa shape index (κ3) is 4.83. The first kappa shape index (κ1) is 21.9. The number of hydrogen-bond donors (Lipinski definition) is 1. The van der Waals surface area contributed by atoms with E-state index in [4.69, 9.17) is 4.74 Å². The summed E-state index contributed by atoms with van der Waals surface area (Å²) >= 11 is 0. The Bertz CT molecular complexity index is 947. The standard InChI is InChI=1S/C23H32N4O3/c1-22(2,3)16-10-8-15(9-11-16)20(28)24-19-17-14-27(21(29)30-23(4,5)6)13-12-18(17)25-26(19)7/h8-11H,12-14H2,1-7H3,(H,24,28). The van der Waals surface area contributed by atoms with Crippen molar-refractivity contribution in [2.45, 2.75) is 65.5 Å². The van der Waals surface area contributed by atoms with Gasteiger partial charge in [-0.05, 0) is 43.9 Å². The van der Waals surface area contributed by atoms with Crippen LogP contribution in [0, 0.1) is 0 Å². The summed E-state index contributed by atoms with van der Waals surface area (Å²) in [7, 11) is 1.80. The smallest absolute Gasteiger partial charge is 0.410 e. The molecule has 0 saturated carbocycles. The maximum absolute atomic E-state index is 12.9. The highest BCUT2D eigenvalue weighted by Crippen LogP contribution is 2.28. The minimum absolute atomic E-state index is 0.0290. The molecule has 2 amide bonds. The summed E-state index contributed by atoms with van der Waals surface area (Å²) in [6.45, 7) is 12.9. The van der Waals surface area contributed by atoms with Gasteiger partial charge in [-0.2, -0.15) is 5.10 Å². The number of aromatic nitrogens is 2. The molecule has 30 heavy (non-hydrogen) atoms. The molecule has 1 aromatic heterocycles. The van der Waals surface area contributed by atoms with Crippen LogP contribution in [-0.4, -0.2) is 38.8 Å². The van der Waals surface area contributed by atoms with Gasteiger partial charge in [0.2, 0.25) is 0 Å². The second-order valence-electron chi connectivity index (χ2n) is 9.83. The minimum atomic E-state index is -0.553. The normalized spacial score (nSPS) is 14.3. The second kappa shape index (κ2) is 7.78. The number of nitrogens with one attached hydrogen (secondary N) is 1. The number of carbonyl (C=O) groups excluding carboxylic acids is 2. The SMILES string of the molecule is Cn1nc2c(c1NC(=O)c1ccc(C(C)(C)C)cc1)CN(C(=O)OC(C)(C)C)CC2. The molecule has 0 atom stereocenters. The highest BCUT2D eigenvalue weighted by molar-refractivity contribution is 6.04. The number of hydrogen-bond acceptors (Lipinski definition) is 4. The van der Waals surface area contributed by atoms with Crippen molar-refractivity contribution in [1.29, 1.82) is 0 Å². The van der Waals surface area contributed by atoms with Gasteiger partial charge < -0.3 is 15.0 Å². The lowest BCUT2D eigenvalue weighted by atomic mass is 9.87. The van der Waals surface area contributed by atoms with Crippen molar-refractivity contribution in [3.63, 3.8) is 0 Å². The van der Waals surface area contributed by atoms with E-state index in [1.54, 1.807) is 16.6 Å². The monoisotopic (exact) mass is 412 g/mol. The summed E-state index contributed by atoms with van der Waals surface area (Å²) in [4.78, 5) is 27.0. The average molecular weight is 413 g/mol. The summed E-state index contributed by atoms with van der Waals surface area (Å²) in [5.74, 6) is 0.416. The van der Waals surface area contributed by atoms with E-state index in [-0.39, 0.29) is 17.4 Å². The molecule has 162 valence electrons. The molecule has 1 N–H and O–H groups in total. The lowest BCUT2D eigenvalue weighted by Crippen LogP contribution is -2.40. The second-order valence-corrected chi connectivity index (χ2v) is 9.83. The molecule has 7 nitrogen and oxygen atoms in total. The Morgan fingerprint density at radius 1 is 1.07 bits per heavy atom. The largest absolute Gasteiger partial charge is 0.444 e. The summed E-state index contributed by atoms with van der Waals surface area (Å²) in [6.07, 6.45) is 0.269. The van der Waals surface area contributed by atoms with Crippen molar-refractivity contribution in [2.24, 2.45) is 7.05 Å². The first-order valence-corrected chi connectivity index (χ1v) is 10.3. The molecule has 0 spiro atoms. The van der Waals surface area contributed by atoms with Crippen LogP contribution in [-0.2, 0) is 30.2 Å². The molecule has 1 aromatic carbocycles. The van der Waals surface area contributed by atoms with Crippen LogP contribution in [0.2, 0.25) is 0 Å². The fourth-order valence-corrected chi connectivity index (χ4v) is 3.44. The average Bonchev–Trinajstić information content (AvgIpc) is 2.94. The van der Waals surface area contributed by atoms with Crippen LogP contribution >= 0.6 is 0 Å².